The van der Waals surface area contributed by atoms with Crippen molar-refractivity contribution < 1.29 is 24.7 Å². The average molecular weight is 230 g/mol. The molecule has 2 unspecified atom stereocenters. The molecule has 16 heavy (non-hydrogen) atoms. The molecule has 0 bridgehead atoms. The molecule has 1 saturated heterocycles. The van der Waals surface area contributed by atoms with Gasteiger partial charge in [-0.15, -0.1) is 0 Å². The Morgan fingerprint density at radius 3 is 2.81 bits per heavy atom. The third-order valence-electron chi connectivity index (χ3n) is 3.08. The van der Waals surface area contributed by atoms with E-state index in [2.05, 4.69) is 0 Å². The summed E-state index contributed by atoms with van der Waals surface area (Å²) in [7, 11) is 0. The highest BCUT2D eigenvalue weighted by atomic mass is 16.4. The van der Waals surface area contributed by atoms with Crippen LogP contribution in [0.15, 0.2) is 0 Å². The van der Waals surface area contributed by atoms with Crippen LogP contribution in [0.2, 0.25) is 0 Å². The quantitative estimate of drug-likeness (QED) is 0.462. The van der Waals surface area contributed by atoms with Crippen LogP contribution in [0.4, 0.5) is 0 Å². The van der Waals surface area contributed by atoms with E-state index in [1.807, 2.05) is 0 Å². The molecule has 0 amide bonds. The number of nitrogens with one attached hydrogen (secondary N) is 1. The number of piperidine rings is 1. The highest BCUT2D eigenvalue weighted by Gasteiger charge is 2.24. The van der Waals surface area contributed by atoms with Crippen LogP contribution in [0.25, 0.3) is 0 Å². The predicted octanol–water partition coefficient (Wildman–Crippen LogP) is -3.17. The minimum Gasteiger partial charge on any atom is -0.550 e. The van der Waals surface area contributed by atoms with Crippen molar-refractivity contribution in [3.63, 3.8) is 0 Å². The van der Waals surface area contributed by atoms with Gasteiger partial charge in [-0.05, 0) is 12.8 Å². The number of hydrogen-bond acceptors (Lipinski definition) is 4. The van der Waals surface area contributed by atoms with Crippen molar-refractivity contribution in [3.8, 4) is 0 Å². The van der Waals surface area contributed by atoms with Gasteiger partial charge in [0.05, 0.1) is 25.6 Å². The number of carbonyl (C=O) groups is 2. The number of carboxylic acid groups (broad SMARTS) is 2. The van der Waals surface area contributed by atoms with Crippen LogP contribution in [0.3, 0.4) is 0 Å². The number of nitrogens with two attached hydrogens (primary N) is 1. The van der Waals surface area contributed by atoms with Gasteiger partial charge in [0.2, 0.25) is 0 Å². The first-order valence-electron chi connectivity index (χ1n) is 5.53. The Labute approximate surface area is 94.0 Å². The van der Waals surface area contributed by atoms with E-state index in [-0.39, 0.29) is 0 Å². The predicted molar refractivity (Wildman–Crippen MR) is 53.5 cm³/mol. The third kappa shape index (κ3) is 3.79. The van der Waals surface area contributed by atoms with Gasteiger partial charge in [0.1, 0.15) is 6.04 Å². The molecule has 0 aromatic rings. The van der Waals surface area contributed by atoms with Crippen molar-refractivity contribution in [2.75, 3.05) is 19.6 Å². The summed E-state index contributed by atoms with van der Waals surface area (Å²) in [6.45, 7) is 2.02. The average Bonchev–Trinajstić information content (AvgIpc) is 2.26. The topological polar surface area (TPSA) is 108 Å². The second-order valence-corrected chi connectivity index (χ2v) is 4.35. The molecule has 1 aliphatic heterocycles. The number of aliphatic carboxylic acids is 2. The van der Waals surface area contributed by atoms with Gasteiger partial charge < -0.3 is 25.6 Å². The van der Waals surface area contributed by atoms with Crippen LogP contribution >= 0.6 is 0 Å². The van der Waals surface area contributed by atoms with Gasteiger partial charge in [-0.2, -0.15) is 0 Å². The SMILES string of the molecule is N[C@@H](CC[NH+]1CCCC(C(=O)[O-])C1)C(=O)O. The molecule has 4 N–H and O–H groups in total. The van der Waals surface area contributed by atoms with Gasteiger partial charge in [-0.3, -0.25) is 4.79 Å². The number of carboxylic acids is 2. The molecule has 0 spiro atoms. The molecule has 92 valence electrons. The molecule has 1 rings (SSSR count). The van der Waals surface area contributed by atoms with Gasteiger partial charge in [0, 0.05) is 12.3 Å². The lowest BCUT2D eigenvalue weighted by atomic mass is 9.98. The number of rotatable bonds is 5. The van der Waals surface area contributed by atoms with Crippen LogP contribution in [-0.4, -0.2) is 42.7 Å². The van der Waals surface area contributed by atoms with E-state index >= 15 is 0 Å². The van der Waals surface area contributed by atoms with Crippen molar-refractivity contribution in [2.45, 2.75) is 25.3 Å². The lowest BCUT2D eigenvalue weighted by molar-refractivity contribution is -0.908. The van der Waals surface area contributed by atoms with E-state index in [9.17, 15) is 14.7 Å². The molecule has 0 saturated carbocycles. The molecular weight excluding hydrogens is 212 g/mol. The van der Waals surface area contributed by atoms with Crippen LogP contribution < -0.4 is 15.7 Å². The number of likely N-dealkylation sites (tertiary alicyclic amines) is 1. The van der Waals surface area contributed by atoms with E-state index in [0.717, 1.165) is 17.9 Å². The fourth-order valence-electron chi connectivity index (χ4n) is 2.06. The third-order valence-corrected chi connectivity index (χ3v) is 3.08. The van der Waals surface area contributed by atoms with Gasteiger partial charge in [0.15, 0.2) is 0 Å². The maximum absolute atomic E-state index is 10.7. The molecule has 0 aromatic heterocycles. The molecule has 0 radical (unpaired) electrons. The van der Waals surface area contributed by atoms with Gasteiger partial charge in [-0.1, -0.05) is 0 Å². The Morgan fingerprint density at radius 2 is 2.25 bits per heavy atom. The molecular formula is C10H18N2O4. The van der Waals surface area contributed by atoms with Crippen molar-refractivity contribution >= 4 is 11.9 Å². The smallest absolute Gasteiger partial charge is 0.320 e. The maximum Gasteiger partial charge on any atom is 0.320 e. The van der Waals surface area contributed by atoms with E-state index in [0.29, 0.717) is 25.9 Å². The second-order valence-electron chi connectivity index (χ2n) is 4.35. The first-order chi connectivity index (χ1) is 7.50. The van der Waals surface area contributed by atoms with E-state index < -0.39 is 23.9 Å². The summed E-state index contributed by atoms with van der Waals surface area (Å²) in [5, 5.41) is 19.3. The lowest BCUT2D eigenvalue weighted by Crippen LogP contribution is -3.14. The van der Waals surface area contributed by atoms with Gasteiger partial charge in [-0.25, -0.2) is 0 Å². The number of hydrogen-bond donors (Lipinski definition) is 3. The van der Waals surface area contributed by atoms with E-state index in [1.54, 1.807) is 0 Å². The highest BCUT2D eigenvalue weighted by molar-refractivity contribution is 5.72. The maximum atomic E-state index is 10.7. The van der Waals surface area contributed by atoms with Gasteiger partial charge in [0.25, 0.3) is 0 Å². The lowest BCUT2D eigenvalue weighted by Gasteiger charge is -2.30. The van der Waals surface area contributed by atoms with Crippen LogP contribution in [0, 0.1) is 5.92 Å². The number of quaternary nitrogens is 1. The molecule has 1 aliphatic rings. The van der Waals surface area contributed by atoms with Crippen molar-refractivity contribution in [1.29, 1.82) is 0 Å². The zero-order chi connectivity index (χ0) is 12.1. The van der Waals surface area contributed by atoms with Crippen molar-refractivity contribution in [2.24, 2.45) is 11.7 Å². The first kappa shape index (κ1) is 12.9. The standard InChI is InChI=1S/C10H18N2O4/c11-8(10(15)16)3-5-12-4-1-2-7(6-12)9(13)14/h7-8H,1-6,11H2,(H,13,14)(H,15,16)/t7?,8-/m0/s1. The molecule has 1 fully saturated rings. The molecule has 1 heterocycles. The summed E-state index contributed by atoms with van der Waals surface area (Å²) in [5.74, 6) is -2.41. The number of carbonyl (C=O) groups excluding carboxylic acids is 1. The fourth-order valence-corrected chi connectivity index (χ4v) is 2.06. The largest absolute Gasteiger partial charge is 0.550 e. The second kappa shape index (κ2) is 5.81. The highest BCUT2D eigenvalue weighted by Crippen LogP contribution is 2.05. The van der Waals surface area contributed by atoms with E-state index in [4.69, 9.17) is 10.8 Å². The Morgan fingerprint density at radius 1 is 1.56 bits per heavy atom. The molecule has 6 heteroatoms. The zero-order valence-electron chi connectivity index (χ0n) is 9.15. The zero-order valence-corrected chi connectivity index (χ0v) is 9.15. The summed E-state index contributed by atoms with van der Waals surface area (Å²) < 4.78 is 0. The summed E-state index contributed by atoms with van der Waals surface area (Å²) in [6.07, 6.45) is 1.89. The molecule has 6 nitrogen and oxygen atoms in total. The van der Waals surface area contributed by atoms with Crippen LogP contribution in [0.1, 0.15) is 19.3 Å². The Hall–Kier alpha value is -1.14. The first-order valence-corrected chi connectivity index (χ1v) is 5.53. The van der Waals surface area contributed by atoms with Crippen molar-refractivity contribution in [3.05, 3.63) is 0 Å². The minimum absolute atomic E-state index is 0.379. The van der Waals surface area contributed by atoms with E-state index in [1.165, 1.54) is 0 Å². The summed E-state index contributed by atoms with van der Waals surface area (Å²) >= 11 is 0. The van der Waals surface area contributed by atoms with Crippen molar-refractivity contribution in [1.82, 2.24) is 0 Å². The monoisotopic (exact) mass is 230 g/mol. The fraction of sp³-hybridized carbons (Fsp3) is 0.800. The van der Waals surface area contributed by atoms with Gasteiger partial charge >= 0.3 is 5.97 Å². The molecule has 0 aromatic carbocycles. The molecule has 3 atom stereocenters. The Bertz CT molecular complexity index is 270. The minimum atomic E-state index is -1.01. The Kier molecular flexibility index (Phi) is 4.70. The normalized spacial score (nSPS) is 27.3. The summed E-state index contributed by atoms with van der Waals surface area (Å²) in [4.78, 5) is 22.3. The van der Waals surface area contributed by atoms with Crippen LogP contribution in [0.5, 0.6) is 0 Å². The summed E-state index contributed by atoms with van der Waals surface area (Å²) in [5.41, 5.74) is 5.39. The van der Waals surface area contributed by atoms with Crippen LogP contribution in [-0.2, 0) is 9.59 Å². The molecule has 0 aliphatic carbocycles. The summed E-state index contributed by atoms with van der Waals surface area (Å²) in [6, 6.07) is -0.851. The Balaban J connectivity index is 2.32.